The Bertz CT molecular complexity index is 496. The summed E-state index contributed by atoms with van der Waals surface area (Å²) in [4.78, 5) is 3.97. The van der Waals surface area contributed by atoms with Crippen LogP contribution in [0, 0.1) is 5.82 Å². The van der Waals surface area contributed by atoms with Gasteiger partial charge in [-0.05, 0) is 19.1 Å². The van der Waals surface area contributed by atoms with Crippen molar-refractivity contribution in [2.24, 2.45) is 0 Å². The lowest BCUT2D eigenvalue weighted by molar-refractivity contribution is 0.391. The molecule has 5 heteroatoms. The van der Waals surface area contributed by atoms with E-state index in [2.05, 4.69) is 4.98 Å². The largest absolute Gasteiger partial charge is 0.422 e. The number of nitrogens with two attached hydrogens (primary N) is 1. The van der Waals surface area contributed by atoms with Crippen molar-refractivity contribution in [1.29, 1.82) is 0 Å². The highest BCUT2D eigenvalue weighted by Crippen LogP contribution is 2.24. The summed E-state index contributed by atoms with van der Waals surface area (Å²) in [5, 5.41) is 0. The number of hydrogen-bond acceptors (Lipinski definition) is 3. The Morgan fingerprint density at radius 2 is 2.19 bits per heavy atom. The van der Waals surface area contributed by atoms with Gasteiger partial charge in [0.2, 0.25) is 0 Å². The number of rotatable bonds is 3. The highest BCUT2D eigenvalue weighted by Gasteiger charge is 2.09. The standard InChI is InChI=1S/C11H12FN3O/c1-2-15-7-10(13)14-11(15)16-9-6-4-3-5-8(9)12/h3-7H,2,13H2,1H3. The van der Waals surface area contributed by atoms with Crippen LogP contribution < -0.4 is 10.5 Å². The third kappa shape index (κ3) is 1.98. The van der Waals surface area contributed by atoms with Crippen LogP contribution in [0.5, 0.6) is 11.8 Å². The van der Waals surface area contributed by atoms with Gasteiger partial charge in [-0.25, -0.2) is 4.39 Å². The molecule has 16 heavy (non-hydrogen) atoms. The van der Waals surface area contributed by atoms with Gasteiger partial charge < -0.3 is 10.5 Å². The fraction of sp³-hybridized carbons (Fsp3) is 0.182. The van der Waals surface area contributed by atoms with Gasteiger partial charge in [0.25, 0.3) is 0 Å². The molecule has 0 aliphatic heterocycles. The van der Waals surface area contributed by atoms with E-state index in [1.54, 1.807) is 29.0 Å². The number of para-hydroxylation sites is 1. The van der Waals surface area contributed by atoms with E-state index in [0.717, 1.165) is 0 Å². The number of aromatic nitrogens is 2. The number of anilines is 1. The van der Waals surface area contributed by atoms with Crippen molar-refractivity contribution in [3.63, 3.8) is 0 Å². The van der Waals surface area contributed by atoms with Gasteiger partial charge >= 0.3 is 6.01 Å². The van der Waals surface area contributed by atoms with Gasteiger partial charge in [0.05, 0.1) is 6.20 Å². The first-order valence-electron chi connectivity index (χ1n) is 4.95. The molecule has 0 spiro atoms. The summed E-state index contributed by atoms with van der Waals surface area (Å²) in [6, 6.07) is 6.47. The zero-order chi connectivity index (χ0) is 11.5. The van der Waals surface area contributed by atoms with Crippen LogP contribution in [0.1, 0.15) is 6.92 Å². The highest BCUT2D eigenvalue weighted by atomic mass is 19.1. The number of imidazole rings is 1. The SMILES string of the molecule is CCn1cc(N)nc1Oc1ccccc1F. The molecule has 0 saturated heterocycles. The van der Waals surface area contributed by atoms with E-state index < -0.39 is 5.82 Å². The zero-order valence-corrected chi connectivity index (χ0v) is 8.85. The molecule has 0 saturated carbocycles. The molecule has 1 aromatic heterocycles. The van der Waals surface area contributed by atoms with Gasteiger partial charge in [-0.1, -0.05) is 12.1 Å². The minimum Gasteiger partial charge on any atom is -0.422 e. The first-order chi connectivity index (χ1) is 7.70. The maximum Gasteiger partial charge on any atom is 0.303 e. The first kappa shape index (κ1) is 10.5. The van der Waals surface area contributed by atoms with Crippen molar-refractivity contribution in [2.75, 3.05) is 5.73 Å². The molecule has 4 nitrogen and oxygen atoms in total. The predicted molar refractivity (Wildman–Crippen MR) is 58.8 cm³/mol. The highest BCUT2D eigenvalue weighted by molar-refractivity contribution is 5.32. The van der Waals surface area contributed by atoms with Crippen LogP contribution in [0.2, 0.25) is 0 Å². The van der Waals surface area contributed by atoms with Gasteiger partial charge in [-0.3, -0.25) is 4.57 Å². The van der Waals surface area contributed by atoms with Gasteiger partial charge in [-0.2, -0.15) is 4.98 Å². The Balaban J connectivity index is 2.30. The maximum absolute atomic E-state index is 13.3. The first-order valence-corrected chi connectivity index (χ1v) is 4.95. The van der Waals surface area contributed by atoms with Crippen LogP contribution in [0.3, 0.4) is 0 Å². The lowest BCUT2D eigenvalue weighted by Gasteiger charge is -2.06. The molecule has 1 aromatic carbocycles. The normalized spacial score (nSPS) is 10.4. The predicted octanol–water partition coefficient (Wildman–Crippen LogP) is 2.42. The van der Waals surface area contributed by atoms with Crippen molar-refractivity contribution in [2.45, 2.75) is 13.5 Å². The lowest BCUT2D eigenvalue weighted by Crippen LogP contribution is -1.98. The van der Waals surface area contributed by atoms with E-state index in [-0.39, 0.29) is 5.75 Å². The van der Waals surface area contributed by atoms with Crippen molar-refractivity contribution in [3.8, 4) is 11.8 Å². The summed E-state index contributed by atoms with van der Waals surface area (Å²) in [5.41, 5.74) is 5.54. The van der Waals surface area contributed by atoms with Crippen molar-refractivity contribution in [1.82, 2.24) is 9.55 Å². The molecule has 0 bridgehead atoms. The van der Waals surface area contributed by atoms with Crippen LogP contribution in [0.4, 0.5) is 10.2 Å². The topological polar surface area (TPSA) is 53.1 Å². The molecule has 0 aliphatic carbocycles. The molecule has 0 fully saturated rings. The molecule has 1 heterocycles. The van der Waals surface area contributed by atoms with Gasteiger partial charge in [0.15, 0.2) is 11.6 Å². The van der Waals surface area contributed by atoms with E-state index in [1.165, 1.54) is 6.07 Å². The van der Waals surface area contributed by atoms with E-state index in [1.807, 2.05) is 6.92 Å². The minimum absolute atomic E-state index is 0.141. The molecule has 2 N–H and O–H groups in total. The van der Waals surface area contributed by atoms with E-state index in [4.69, 9.17) is 10.5 Å². The zero-order valence-electron chi connectivity index (χ0n) is 8.85. The number of nitrogens with zero attached hydrogens (tertiary/aromatic N) is 2. The number of nitrogen functional groups attached to an aromatic ring is 1. The summed E-state index contributed by atoms with van der Waals surface area (Å²) >= 11 is 0. The van der Waals surface area contributed by atoms with Crippen LogP contribution in [-0.4, -0.2) is 9.55 Å². The second kappa shape index (κ2) is 4.22. The van der Waals surface area contributed by atoms with Crippen molar-refractivity contribution >= 4 is 5.82 Å². The Morgan fingerprint density at radius 3 is 2.88 bits per heavy atom. The summed E-state index contributed by atoms with van der Waals surface area (Å²) in [6.07, 6.45) is 1.65. The molecular weight excluding hydrogens is 209 g/mol. The fourth-order valence-electron chi connectivity index (χ4n) is 1.35. The van der Waals surface area contributed by atoms with Crippen molar-refractivity contribution < 1.29 is 9.13 Å². The minimum atomic E-state index is -0.424. The molecule has 0 amide bonds. The van der Waals surface area contributed by atoms with Crippen molar-refractivity contribution in [3.05, 3.63) is 36.3 Å². The molecule has 84 valence electrons. The second-order valence-corrected chi connectivity index (χ2v) is 3.27. The molecule has 0 radical (unpaired) electrons. The van der Waals surface area contributed by atoms with E-state index in [9.17, 15) is 4.39 Å². The lowest BCUT2D eigenvalue weighted by atomic mass is 10.3. The smallest absolute Gasteiger partial charge is 0.303 e. The van der Waals surface area contributed by atoms with Crippen LogP contribution in [0.15, 0.2) is 30.5 Å². The van der Waals surface area contributed by atoms with Gasteiger partial charge in [0, 0.05) is 6.54 Å². The van der Waals surface area contributed by atoms with E-state index in [0.29, 0.717) is 18.4 Å². The number of halogens is 1. The summed E-state index contributed by atoms with van der Waals surface area (Å²) in [6.45, 7) is 2.59. The van der Waals surface area contributed by atoms with Gasteiger partial charge in [0.1, 0.15) is 5.82 Å². The number of benzene rings is 1. The monoisotopic (exact) mass is 221 g/mol. The molecule has 0 unspecified atom stereocenters. The Kier molecular flexibility index (Phi) is 2.76. The third-order valence-electron chi connectivity index (χ3n) is 2.14. The Labute approximate surface area is 92.5 Å². The van der Waals surface area contributed by atoms with Crippen LogP contribution in [0.25, 0.3) is 0 Å². The Hall–Kier alpha value is -2.04. The fourth-order valence-corrected chi connectivity index (χ4v) is 1.35. The summed E-state index contributed by atoms with van der Waals surface area (Å²) in [7, 11) is 0. The average Bonchev–Trinajstić information content (AvgIpc) is 2.62. The number of ether oxygens (including phenoxy) is 1. The molecule has 2 aromatic rings. The quantitative estimate of drug-likeness (QED) is 0.865. The second-order valence-electron chi connectivity index (χ2n) is 3.27. The van der Waals surface area contributed by atoms with Crippen LogP contribution in [-0.2, 0) is 6.54 Å². The molecule has 0 atom stereocenters. The molecule has 0 aliphatic rings. The number of aryl methyl sites for hydroxylation is 1. The van der Waals surface area contributed by atoms with Crippen LogP contribution >= 0.6 is 0 Å². The Morgan fingerprint density at radius 1 is 1.44 bits per heavy atom. The summed E-state index contributed by atoms with van der Waals surface area (Å²) in [5.74, 6) is 0.0720. The van der Waals surface area contributed by atoms with E-state index >= 15 is 0 Å². The third-order valence-corrected chi connectivity index (χ3v) is 2.14. The van der Waals surface area contributed by atoms with Gasteiger partial charge in [-0.15, -0.1) is 0 Å². The molecule has 2 rings (SSSR count). The average molecular weight is 221 g/mol. The molecular formula is C11H12FN3O. The summed E-state index contributed by atoms with van der Waals surface area (Å²) < 4.78 is 20.4. The maximum atomic E-state index is 13.3. The number of hydrogen-bond donors (Lipinski definition) is 1.